The Balaban J connectivity index is 1.76. The molecular weight excluding hydrogens is 308 g/mol. The summed E-state index contributed by atoms with van der Waals surface area (Å²) in [6, 6.07) is 15.8. The summed E-state index contributed by atoms with van der Waals surface area (Å²) < 4.78 is 0. The van der Waals surface area contributed by atoms with Crippen molar-refractivity contribution < 1.29 is 4.79 Å². The van der Waals surface area contributed by atoms with E-state index in [0.29, 0.717) is 11.6 Å². The van der Waals surface area contributed by atoms with Crippen LogP contribution in [0.1, 0.15) is 31.2 Å². The lowest BCUT2D eigenvalue weighted by Crippen LogP contribution is -2.51. The Hall–Kier alpha value is -1.84. The molecule has 1 aliphatic rings. The number of hydrogen-bond acceptors (Lipinski definition) is 2. The standard InChI is InChI=1S/C19H21ClN2O/c20-16-9-7-14(8-10-16)17-6-2-1-5-15(17)13-22-18(23)19(21)11-3-4-12-19/h1-2,5-10H,3-4,11-13,21H2,(H,22,23). The summed E-state index contributed by atoms with van der Waals surface area (Å²) in [6.45, 7) is 0.483. The van der Waals surface area contributed by atoms with E-state index in [4.69, 9.17) is 17.3 Å². The van der Waals surface area contributed by atoms with Gasteiger partial charge in [0.25, 0.3) is 0 Å². The molecule has 4 heteroatoms. The number of carbonyl (C=O) groups is 1. The van der Waals surface area contributed by atoms with Crippen LogP contribution in [0.3, 0.4) is 0 Å². The molecule has 0 unspecified atom stereocenters. The fourth-order valence-corrected chi connectivity index (χ4v) is 3.30. The zero-order valence-corrected chi connectivity index (χ0v) is 13.8. The molecule has 0 radical (unpaired) electrons. The molecule has 0 aromatic heterocycles. The van der Waals surface area contributed by atoms with Gasteiger partial charge in [0.1, 0.15) is 0 Å². The molecule has 0 aliphatic heterocycles. The third kappa shape index (κ3) is 3.57. The molecule has 23 heavy (non-hydrogen) atoms. The van der Waals surface area contributed by atoms with Crippen molar-refractivity contribution in [3.8, 4) is 11.1 Å². The van der Waals surface area contributed by atoms with Gasteiger partial charge in [-0.15, -0.1) is 0 Å². The molecule has 2 aromatic carbocycles. The maximum absolute atomic E-state index is 12.4. The number of benzene rings is 2. The van der Waals surface area contributed by atoms with E-state index in [1.807, 2.05) is 42.5 Å². The van der Waals surface area contributed by atoms with Crippen LogP contribution in [-0.4, -0.2) is 11.4 Å². The van der Waals surface area contributed by atoms with Crippen LogP contribution in [0.5, 0.6) is 0 Å². The number of halogens is 1. The zero-order valence-electron chi connectivity index (χ0n) is 13.0. The van der Waals surface area contributed by atoms with Crippen molar-refractivity contribution in [2.75, 3.05) is 0 Å². The summed E-state index contributed by atoms with van der Waals surface area (Å²) >= 11 is 5.96. The minimum Gasteiger partial charge on any atom is -0.350 e. The Labute approximate surface area is 141 Å². The number of carbonyl (C=O) groups excluding carboxylic acids is 1. The van der Waals surface area contributed by atoms with E-state index >= 15 is 0 Å². The highest BCUT2D eigenvalue weighted by Crippen LogP contribution is 2.28. The smallest absolute Gasteiger partial charge is 0.240 e. The Kier molecular flexibility index (Phi) is 4.69. The van der Waals surface area contributed by atoms with E-state index < -0.39 is 5.54 Å². The number of nitrogens with two attached hydrogens (primary N) is 1. The third-order valence-electron chi connectivity index (χ3n) is 4.56. The molecule has 0 saturated heterocycles. The van der Waals surface area contributed by atoms with Crippen molar-refractivity contribution >= 4 is 17.5 Å². The van der Waals surface area contributed by atoms with Gasteiger partial charge < -0.3 is 11.1 Å². The minimum atomic E-state index is -0.685. The SMILES string of the molecule is NC1(C(=O)NCc2ccccc2-c2ccc(Cl)cc2)CCCC1. The summed E-state index contributed by atoms with van der Waals surface area (Å²) in [5.41, 5.74) is 8.78. The van der Waals surface area contributed by atoms with Gasteiger partial charge in [-0.1, -0.05) is 60.8 Å². The summed E-state index contributed by atoms with van der Waals surface area (Å²) in [7, 11) is 0. The second kappa shape index (κ2) is 6.73. The van der Waals surface area contributed by atoms with Crippen molar-refractivity contribution in [1.82, 2.24) is 5.32 Å². The lowest BCUT2D eigenvalue weighted by molar-refractivity contribution is -0.126. The van der Waals surface area contributed by atoms with Crippen LogP contribution >= 0.6 is 11.6 Å². The summed E-state index contributed by atoms with van der Waals surface area (Å²) in [5.74, 6) is -0.0408. The van der Waals surface area contributed by atoms with E-state index in [-0.39, 0.29) is 5.91 Å². The average Bonchev–Trinajstić information content (AvgIpc) is 3.02. The fourth-order valence-electron chi connectivity index (χ4n) is 3.17. The molecule has 2 aromatic rings. The third-order valence-corrected chi connectivity index (χ3v) is 4.81. The first-order valence-corrected chi connectivity index (χ1v) is 8.37. The Morgan fingerprint density at radius 1 is 1.09 bits per heavy atom. The van der Waals surface area contributed by atoms with Gasteiger partial charge in [-0.3, -0.25) is 4.79 Å². The summed E-state index contributed by atoms with van der Waals surface area (Å²) in [5, 5.41) is 3.73. The molecule has 1 aliphatic carbocycles. The van der Waals surface area contributed by atoms with E-state index in [1.54, 1.807) is 0 Å². The molecule has 0 atom stereocenters. The molecule has 0 heterocycles. The van der Waals surface area contributed by atoms with E-state index in [9.17, 15) is 4.79 Å². The van der Waals surface area contributed by atoms with Gasteiger partial charge in [0.05, 0.1) is 5.54 Å². The molecule has 1 saturated carbocycles. The van der Waals surface area contributed by atoms with Crippen LogP contribution < -0.4 is 11.1 Å². The molecule has 3 nitrogen and oxygen atoms in total. The van der Waals surface area contributed by atoms with Gasteiger partial charge in [-0.05, 0) is 41.7 Å². The van der Waals surface area contributed by atoms with Crippen molar-refractivity contribution in [1.29, 1.82) is 0 Å². The summed E-state index contributed by atoms with van der Waals surface area (Å²) in [4.78, 5) is 12.4. The van der Waals surface area contributed by atoms with Crippen molar-refractivity contribution in [3.63, 3.8) is 0 Å². The van der Waals surface area contributed by atoms with Crippen LogP contribution in [0.2, 0.25) is 5.02 Å². The topological polar surface area (TPSA) is 55.1 Å². The second-order valence-corrected chi connectivity index (χ2v) is 6.65. The molecule has 0 spiro atoms. The predicted octanol–water partition coefficient (Wildman–Crippen LogP) is 3.89. The number of amides is 1. The molecule has 120 valence electrons. The van der Waals surface area contributed by atoms with Crippen molar-refractivity contribution in [3.05, 3.63) is 59.1 Å². The first kappa shape index (κ1) is 16.0. The maximum atomic E-state index is 12.4. The lowest BCUT2D eigenvalue weighted by atomic mass is 9.97. The van der Waals surface area contributed by atoms with Gasteiger partial charge >= 0.3 is 0 Å². The predicted molar refractivity (Wildman–Crippen MR) is 94.1 cm³/mol. The monoisotopic (exact) mass is 328 g/mol. The van der Waals surface area contributed by atoms with Gasteiger partial charge in [-0.2, -0.15) is 0 Å². The van der Waals surface area contributed by atoms with Crippen LogP contribution in [0.15, 0.2) is 48.5 Å². The Bertz CT molecular complexity index is 691. The highest BCUT2D eigenvalue weighted by Gasteiger charge is 2.36. The van der Waals surface area contributed by atoms with E-state index in [1.165, 1.54) is 0 Å². The number of nitrogens with one attached hydrogen (secondary N) is 1. The van der Waals surface area contributed by atoms with Crippen LogP contribution in [-0.2, 0) is 11.3 Å². The van der Waals surface area contributed by atoms with Gasteiger partial charge in [0, 0.05) is 11.6 Å². The minimum absolute atomic E-state index is 0.0408. The second-order valence-electron chi connectivity index (χ2n) is 6.21. The molecule has 3 N–H and O–H groups in total. The quantitative estimate of drug-likeness (QED) is 0.894. The highest BCUT2D eigenvalue weighted by atomic mass is 35.5. The van der Waals surface area contributed by atoms with Crippen molar-refractivity contribution in [2.45, 2.75) is 37.8 Å². The van der Waals surface area contributed by atoms with Gasteiger partial charge in [-0.25, -0.2) is 0 Å². The van der Waals surface area contributed by atoms with Crippen molar-refractivity contribution in [2.24, 2.45) is 5.73 Å². The first-order valence-electron chi connectivity index (χ1n) is 7.99. The molecule has 0 bridgehead atoms. The number of rotatable bonds is 4. The van der Waals surface area contributed by atoms with E-state index in [0.717, 1.165) is 42.4 Å². The van der Waals surface area contributed by atoms with Crippen LogP contribution in [0, 0.1) is 0 Å². The zero-order chi connectivity index (χ0) is 16.3. The highest BCUT2D eigenvalue weighted by molar-refractivity contribution is 6.30. The average molecular weight is 329 g/mol. The Morgan fingerprint density at radius 2 is 1.74 bits per heavy atom. The maximum Gasteiger partial charge on any atom is 0.240 e. The van der Waals surface area contributed by atoms with Gasteiger partial charge in [0.15, 0.2) is 0 Å². The summed E-state index contributed by atoms with van der Waals surface area (Å²) in [6.07, 6.45) is 3.62. The van der Waals surface area contributed by atoms with E-state index in [2.05, 4.69) is 11.4 Å². The molecule has 1 amide bonds. The van der Waals surface area contributed by atoms with Gasteiger partial charge in [0.2, 0.25) is 5.91 Å². The van der Waals surface area contributed by atoms with Crippen LogP contribution in [0.25, 0.3) is 11.1 Å². The normalized spacial score (nSPS) is 16.3. The molecule has 3 rings (SSSR count). The van der Waals surface area contributed by atoms with Crippen LogP contribution in [0.4, 0.5) is 0 Å². The molecule has 1 fully saturated rings. The number of hydrogen-bond donors (Lipinski definition) is 2. The first-order chi connectivity index (χ1) is 11.1. The largest absolute Gasteiger partial charge is 0.350 e. The Morgan fingerprint density at radius 3 is 2.43 bits per heavy atom. The fraction of sp³-hybridized carbons (Fsp3) is 0.316. The molecular formula is C19H21ClN2O. The lowest BCUT2D eigenvalue weighted by Gasteiger charge is -2.22.